The van der Waals surface area contributed by atoms with Crippen LogP contribution in [0.5, 0.6) is 11.5 Å². The Morgan fingerprint density at radius 3 is 1.29 bits per heavy atom. The normalized spacial score (nSPS) is 15.2. The van der Waals surface area contributed by atoms with Crippen molar-refractivity contribution < 1.29 is 46.7 Å². The van der Waals surface area contributed by atoms with Gasteiger partial charge in [0.15, 0.2) is 22.9 Å². The number of carbonyl (C=O) groups is 2. The van der Waals surface area contributed by atoms with Gasteiger partial charge in [0.05, 0.1) is 50.2 Å². The van der Waals surface area contributed by atoms with E-state index in [-0.39, 0.29) is 37.1 Å². The second kappa shape index (κ2) is 23.4. The summed E-state index contributed by atoms with van der Waals surface area (Å²) in [6.45, 7) is 14.5. The molecule has 4 aromatic heterocycles. The van der Waals surface area contributed by atoms with Gasteiger partial charge >= 0.3 is 27.0 Å². The fourth-order valence-electron chi connectivity index (χ4n) is 6.02. The molecule has 0 amide bonds. The first-order valence-electron chi connectivity index (χ1n) is 21.0. The average Bonchev–Trinajstić information content (AvgIpc) is 3.88. The van der Waals surface area contributed by atoms with Crippen molar-refractivity contribution in [2.45, 2.75) is 105 Å². The number of hydrogen-bond acceptors (Lipinski definition) is 18. The molecule has 0 aliphatic rings. The minimum absolute atomic E-state index is 0.272. The Balaban J connectivity index is 0.000000247. The van der Waals surface area contributed by atoms with Gasteiger partial charge in [0, 0.05) is 0 Å². The molecule has 0 aliphatic heterocycles. The Labute approximate surface area is 382 Å². The van der Waals surface area contributed by atoms with E-state index < -0.39 is 39.1 Å². The highest BCUT2D eigenvalue weighted by Crippen LogP contribution is 2.45. The third-order valence-electron chi connectivity index (χ3n) is 9.01. The van der Waals surface area contributed by atoms with Crippen molar-refractivity contribution in [1.82, 2.24) is 49.2 Å². The van der Waals surface area contributed by atoms with E-state index in [1.807, 2.05) is 26.0 Å². The smallest absolute Gasteiger partial charge is 0.342 e. The number of carbonyl (C=O) groups excluding carboxylic acids is 2. The minimum atomic E-state index is -3.64. The van der Waals surface area contributed by atoms with Crippen LogP contribution >= 0.6 is 15.0 Å². The number of nitrogens with two attached hydrogens (primary N) is 2. The molecule has 0 spiro atoms. The zero-order chi connectivity index (χ0) is 48.0. The number of benzene rings is 2. The van der Waals surface area contributed by atoms with Crippen LogP contribution in [0.2, 0.25) is 0 Å². The zero-order valence-corrected chi connectivity index (χ0v) is 39.9. The van der Waals surface area contributed by atoms with Crippen molar-refractivity contribution in [2.24, 2.45) is 0 Å². The van der Waals surface area contributed by atoms with E-state index in [4.69, 9.17) is 39.5 Å². The predicted molar refractivity (Wildman–Crippen MR) is 247 cm³/mol. The zero-order valence-electron chi connectivity index (χ0n) is 38.1. The van der Waals surface area contributed by atoms with Crippen LogP contribution in [0.25, 0.3) is 22.3 Å². The number of nitrogens with zero attached hydrogens (tertiary/aromatic N) is 8. The van der Waals surface area contributed by atoms with Gasteiger partial charge < -0.3 is 48.6 Å². The van der Waals surface area contributed by atoms with Crippen LogP contribution in [0.15, 0.2) is 86.0 Å². The molecular weight excluding hydrogens is 894 g/mol. The summed E-state index contributed by atoms with van der Waals surface area (Å²) in [6.07, 6.45) is 4.02. The molecule has 0 unspecified atom stereocenters. The topological polar surface area (TPSA) is 287 Å². The van der Waals surface area contributed by atoms with Gasteiger partial charge in [-0.1, -0.05) is 36.4 Å². The summed E-state index contributed by atoms with van der Waals surface area (Å²) in [5.74, 6) is 0.303. The lowest BCUT2D eigenvalue weighted by atomic mass is 10.3. The number of rotatable bonds is 22. The fraction of sp³-hybridized carbons (Fsp3) is 0.429. The fourth-order valence-corrected chi connectivity index (χ4v) is 9.60. The second-order valence-electron chi connectivity index (χ2n) is 15.7. The van der Waals surface area contributed by atoms with Gasteiger partial charge in [0.1, 0.15) is 60.0 Å². The van der Waals surface area contributed by atoms with Crippen LogP contribution < -0.4 is 30.7 Å². The molecular formula is C42H58N12O10P2. The quantitative estimate of drug-likeness (QED) is 0.0452. The number of fused-ring (bicyclic) bond motifs is 2. The number of nitrogen functional groups attached to an aromatic ring is 2. The monoisotopic (exact) mass is 952 g/mol. The molecule has 2 aromatic carbocycles. The van der Waals surface area contributed by atoms with Crippen LogP contribution in [-0.2, 0) is 50.8 Å². The van der Waals surface area contributed by atoms with Crippen molar-refractivity contribution in [3.05, 3.63) is 86.0 Å². The van der Waals surface area contributed by atoms with E-state index in [1.54, 1.807) is 112 Å². The van der Waals surface area contributed by atoms with Crippen LogP contribution in [0.3, 0.4) is 0 Å². The summed E-state index contributed by atoms with van der Waals surface area (Å²) in [5.41, 5.74) is 13.8. The molecule has 6 N–H and O–H groups in total. The van der Waals surface area contributed by atoms with Crippen LogP contribution in [0, 0.1) is 0 Å². The Bertz CT molecular complexity index is 2420. The number of nitrogens with one attached hydrogen (secondary N) is 2. The summed E-state index contributed by atoms with van der Waals surface area (Å²) in [4.78, 5) is 49.2. The first-order chi connectivity index (χ1) is 31.3. The molecule has 6 rings (SSSR count). The van der Waals surface area contributed by atoms with Crippen LogP contribution in [0.1, 0.15) is 55.4 Å². The van der Waals surface area contributed by atoms with Gasteiger partial charge in [-0.15, -0.1) is 0 Å². The number of hydrogen-bond donors (Lipinski definition) is 4. The lowest BCUT2D eigenvalue weighted by Gasteiger charge is -2.25. The lowest BCUT2D eigenvalue weighted by Crippen LogP contribution is -2.37. The molecule has 0 aliphatic carbocycles. The Morgan fingerprint density at radius 2 is 0.939 bits per heavy atom. The van der Waals surface area contributed by atoms with Gasteiger partial charge in [0.2, 0.25) is 0 Å². The largest absolute Gasteiger partial charge is 0.462 e. The molecule has 6 aromatic rings. The van der Waals surface area contributed by atoms with E-state index in [0.717, 1.165) is 0 Å². The molecule has 22 nitrogen and oxygen atoms in total. The standard InChI is InChI=1S/2C21H29N6O5P/c2*1-14(2)31-21(28)16(4)26-33(29,32-17-8-6-5-7-9-17)13-30-15(3)10-27-12-25-18-19(22)23-11-24-20(18)27/h2*5-9,11-12,14-16H,10,13H2,1-4H3,(H,26,29)(H2,22,23,24)/t15-,16+,33+;15-,16+,33-/m00/s1. The summed E-state index contributed by atoms with van der Waals surface area (Å²) in [5, 5.41) is 5.55. The van der Waals surface area contributed by atoms with Gasteiger partial charge in [0.25, 0.3) is 0 Å². The minimum Gasteiger partial charge on any atom is -0.462 e. The van der Waals surface area contributed by atoms with E-state index >= 15 is 0 Å². The highest BCUT2D eigenvalue weighted by atomic mass is 31.2. The molecule has 66 heavy (non-hydrogen) atoms. The number of ether oxygens (including phenoxy) is 4. The second-order valence-corrected chi connectivity index (χ2v) is 19.8. The molecule has 0 radical (unpaired) electrons. The van der Waals surface area contributed by atoms with E-state index in [2.05, 4.69) is 40.1 Å². The maximum Gasteiger partial charge on any atom is 0.342 e. The van der Waals surface area contributed by atoms with Crippen molar-refractivity contribution in [2.75, 3.05) is 24.2 Å². The third-order valence-corrected chi connectivity index (χ3v) is 12.6. The van der Waals surface area contributed by atoms with Crippen LogP contribution in [0.4, 0.5) is 11.6 Å². The van der Waals surface area contributed by atoms with Crippen molar-refractivity contribution in [3.63, 3.8) is 0 Å². The maximum atomic E-state index is 13.6. The number of aromatic nitrogens is 8. The first kappa shape index (κ1) is 51.0. The van der Waals surface area contributed by atoms with Gasteiger partial charge in [-0.05, 0) is 79.7 Å². The van der Waals surface area contributed by atoms with Crippen molar-refractivity contribution >= 4 is 60.9 Å². The molecule has 0 fully saturated rings. The SMILES string of the molecule is CC(C)OC(=O)[C@@H](C)N[P@@](=O)(CO[C@@H](C)Cn1cnc2c(N)ncnc21)Oc1ccccc1.CC(C)OC(=O)[C@@H](C)N[P@](=O)(CO[C@@H](C)Cn1cnc2c(N)ncnc21)Oc1ccccc1. The van der Waals surface area contributed by atoms with Gasteiger partial charge in [-0.3, -0.25) is 18.7 Å². The average molecular weight is 953 g/mol. The maximum absolute atomic E-state index is 13.6. The van der Waals surface area contributed by atoms with Gasteiger partial charge in [-0.2, -0.15) is 0 Å². The first-order valence-corrected chi connectivity index (χ1v) is 24.7. The number of anilines is 2. The summed E-state index contributed by atoms with van der Waals surface area (Å²) in [7, 11) is -7.28. The summed E-state index contributed by atoms with van der Waals surface area (Å²) >= 11 is 0. The van der Waals surface area contributed by atoms with Crippen LogP contribution in [-0.4, -0.2) is 100 Å². The summed E-state index contributed by atoms with van der Waals surface area (Å²) in [6, 6.07) is 15.7. The van der Waals surface area contributed by atoms with E-state index in [9.17, 15) is 18.7 Å². The molecule has 0 saturated heterocycles. The Morgan fingerprint density at radius 1 is 0.576 bits per heavy atom. The summed E-state index contributed by atoms with van der Waals surface area (Å²) < 4.78 is 64.4. The number of para-hydroxylation sites is 2. The molecule has 356 valence electrons. The Kier molecular flexibility index (Phi) is 18.1. The highest BCUT2D eigenvalue weighted by molar-refractivity contribution is 7.57. The Hall–Kier alpha value is -6.02. The van der Waals surface area contributed by atoms with Crippen molar-refractivity contribution in [1.29, 1.82) is 0 Å². The van der Waals surface area contributed by atoms with E-state index in [0.29, 0.717) is 58.6 Å². The predicted octanol–water partition coefficient (Wildman–Crippen LogP) is 5.95. The highest BCUT2D eigenvalue weighted by Gasteiger charge is 2.33. The molecule has 24 heteroatoms. The third kappa shape index (κ3) is 15.0. The molecule has 0 saturated carbocycles. The van der Waals surface area contributed by atoms with Gasteiger partial charge in [-0.25, -0.2) is 40.1 Å². The van der Waals surface area contributed by atoms with Crippen molar-refractivity contribution in [3.8, 4) is 11.5 Å². The lowest BCUT2D eigenvalue weighted by molar-refractivity contribution is -0.149. The number of esters is 2. The molecule has 0 bridgehead atoms. The number of imidazole rings is 2. The molecule has 4 heterocycles. The molecule has 6 atom stereocenters. The van der Waals surface area contributed by atoms with E-state index in [1.165, 1.54) is 12.7 Å².